The van der Waals surface area contributed by atoms with Gasteiger partial charge in [0, 0.05) is 24.8 Å². The van der Waals surface area contributed by atoms with Crippen LogP contribution in [0.1, 0.15) is 65.9 Å². The van der Waals surface area contributed by atoms with E-state index >= 15 is 0 Å². The minimum atomic E-state index is -0.990. The smallest absolute Gasteiger partial charge is 0.335 e. The van der Waals surface area contributed by atoms with Crippen LogP contribution in [0.5, 0.6) is 0 Å². The molecule has 180 valence electrons. The van der Waals surface area contributed by atoms with Crippen molar-refractivity contribution in [3.8, 4) is 0 Å². The topological polar surface area (TPSA) is 101 Å². The molecule has 1 amide bonds. The van der Waals surface area contributed by atoms with Crippen LogP contribution in [-0.2, 0) is 16.0 Å². The number of benzene rings is 2. The summed E-state index contributed by atoms with van der Waals surface area (Å²) < 4.78 is 0. The number of carbonyl (C=O) groups is 3. The number of aromatic carboxylic acids is 1. The highest BCUT2D eigenvalue weighted by Crippen LogP contribution is 2.37. The Labute approximate surface area is 201 Å². The summed E-state index contributed by atoms with van der Waals surface area (Å²) in [5.41, 5.74) is 7.89. The molecule has 1 saturated carbocycles. The van der Waals surface area contributed by atoms with Crippen LogP contribution in [0.3, 0.4) is 0 Å². The number of carbonyl (C=O) groups excluding carboxylic acids is 2. The summed E-state index contributed by atoms with van der Waals surface area (Å²) in [6.07, 6.45) is 5.53. The van der Waals surface area contributed by atoms with Gasteiger partial charge in [0.2, 0.25) is 5.91 Å². The van der Waals surface area contributed by atoms with Gasteiger partial charge in [-0.2, -0.15) is 0 Å². The fourth-order valence-corrected chi connectivity index (χ4v) is 5.64. The van der Waals surface area contributed by atoms with Crippen LogP contribution in [0.25, 0.3) is 0 Å². The van der Waals surface area contributed by atoms with Crippen molar-refractivity contribution in [1.82, 2.24) is 4.90 Å². The Morgan fingerprint density at radius 1 is 0.912 bits per heavy atom. The summed E-state index contributed by atoms with van der Waals surface area (Å²) in [5.74, 6) is -0.451. The van der Waals surface area contributed by atoms with Crippen molar-refractivity contribution in [3.05, 3.63) is 71.3 Å². The third kappa shape index (κ3) is 5.39. The fourth-order valence-electron chi connectivity index (χ4n) is 5.64. The van der Waals surface area contributed by atoms with Gasteiger partial charge in [0.05, 0.1) is 11.6 Å². The van der Waals surface area contributed by atoms with Gasteiger partial charge in [0.1, 0.15) is 0 Å². The second-order valence-corrected chi connectivity index (χ2v) is 9.73. The van der Waals surface area contributed by atoms with Gasteiger partial charge in [-0.15, -0.1) is 0 Å². The quantitative estimate of drug-likeness (QED) is 0.647. The summed E-state index contributed by atoms with van der Waals surface area (Å²) in [6, 6.07) is 16.0. The molecule has 2 fully saturated rings. The third-order valence-electron chi connectivity index (χ3n) is 7.58. The Morgan fingerprint density at radius 3 is 2.21 bits per heavy atom. The van der Waals surface area contributed by atoms with Gasteiger partial charge in [-0.3, -0.25) is 9.59 Å². The van der Waals surface area contributed by atoms with Crippen LogP contribution in [0.4, 0.5) is 0 Å². The molecule has 0 spiro atoms. The zero-order valence-electron chi connectivity index (χ0n) is 19.6. The molecule has 3 N–H and O–H groups in total. The monoisotopic (exact) mass is 462 g/mol. The predicted molar refractivity (Wildman–Crippen MR) is 131 cm³/mol. The molecule has 4 rings (SSSR count). The summed E-state index contributed by atoms with van der Waals surface area (Å²) in [6.45, 7) is 1.27. The second kappa shape index (κ2) is 11.0. The Morgan fingerprint density at radius 2 is 1.59 bits per heavy atom. The van der Waals surface area contributed by atoms with Gasteiger partial charge in [-0.25, -0.2) is 4.79 Å². The number of likely N-dealkylation sites (tertiary alicyclic amines) is 1. The first-order valence-corrected chi connectivity index (χ1v) is 12.4. The van der Waals surface area contributed by atoms with Crippen LogP contribution in [-0.4, -0.2) is 46.8 Å². The molecule has 6 nitrogen and oxygen atoms in total. The first-order chi connectivity index (χ1) is 16.5. The summed E-state index contributed by atoms with van der Waals surface area (Å²) in [4.78, 5) is 40.5. The van der Waals surface area contributed by atoms with Gasteiger partial charge in [0.15, 0.2) is 5.78 Å². The molecule has 0 aromatic heterocycles. The maximum atomic E-state index is 13.7. The fraction of sp³-hybridized carbons (Fsp3) is 0.464. The normalized spacial score (nSPS) is 25.0. The van der Waals surface area contributed by atoms with E-state index in [-0.39, 0.29) is 35.5 Å². The van der Waals surface area contributed by atoms with Crippen molar-refractivity contribution < 1.29 is 19.5 Å². The molecule has 2 atom stereocenters. The van der Waals surface area contributed by atoms with Gasteiger partial charge in [-0.1, -0.05) is 42.5 Å². The summed E-state index contributed by atoms with van der Waals surface area (Å²) in [7, 11) is 0. The highest BCUT2D eigenvalue weighted by Gasteiger charge is 2.42. The number of amides is 1. The largest absolute Gasteiger partial charge is 0.478 e. The van der Waals surface area contributed by atoms with E-state index in [1.54, 1.807) is 12.1 Å². The standard InChI is InChI=1S/C28H34N2O4/c29-18-20-10-12-22(13-11-20)27(32)30-16-4-7-24(21-5-2-1-3-6-21)26(30)25(31)17-19-8-14-23(15-9-19)28(33)34/h1-3,5-6,8-9,14-15,20,22,24,26H,4,7,10-13,16-18,29H2,(H,33,34). The Balaban J connectivity index is 1.58. The number of piperidine rings is 1. The number of nitrogens with two attached hydrogens (primary N) is 1. The lowest BCUT2D eigenvalue weighted by Crippen LogP contribution is -2.54. The first kappa shape index (κ1) is 24.1. The van der Waals surface area contributed by atoms with E-state index in [2.05, 4.69) is 0 Å². The minimum absolute atomic E-state index is 0.0145. The van der Waals surface area contributed by atoms with E-state index in [9.17, 15) is 14.4 Å². The first-order valence-electron chi connectivity index (χ1n) is 12.4. The number of hydrogen-bond acceptors (Lipinski definition) is 4. The van der Waals surface area contributed by atoms with Crippen LogP contribution in [0, 0.1) is 11.8 Å². The van der Waals surface area contributed by atoms with Crippen molar-refractivity contribution in [2.45, 2.75) is 56.9 Å². The van der Waals surface area contributed by atoms with Crippen molar-refractivity contribution in [3.63, 3.8) is 0 Å². The lowest BCUT2D eigenvalue weighted by molar-refractivity contribution is -0.146. The molecular weight excluding hydrogens is 428 g/mol. The molecule has 2 aromatic rings. The zero-order chi connectivity index (χ0) is 24.1. The van der Waals surface area contributed by atoms with Gasteiger partial charge in [0.25, 0.3) is 0 Å². The van der Waals surface area contributed by atoms with Crippen molar-refractivity contribution in [2.75, 3.05) is 13.1 Å². The van der Waals surface area contributed by atoms with Crippen LogP contribution in [0.15, 0.2) is 54.6 Å². The molecule has 1 aliphatic carbocycles. The molecule has 2 unspecified atom stereocenters. The summed E-state index contributed by atoms with van der Waals surface area (Å²) in [5, 5.41) is 9.16. The number of carboxylic acids is 1. The number of carboxylic acid groups (broad SMARTS) is 1. The molecule has 6 heteroatoms. The Kier molecular flexibility index (Phi) is 7.78. The zero-order valence-corrected chi connectivity index (χ0v) is 19.6. The Bertz CT molecular complexity index is 997. The predicted octanol–water partition coefficient (Wildman–Crippen LogP) is 4.04. The van der Waals surface area contributed by atoms with Gasteiger partial charge >= 0.3 is 5.97 Å². The van der Waals surface area contributed by atoms with E-state index in [1.807, 2.05) is 35.2 Å². The van der Waals surface area contributed by atoms with Crippen LogP contribution < -0.4 is 5.73 Å². The van der Waals surface area contributed by atoms with Crippen LogP contribution >= 0.6 is 0 Å². The maximum absolute atomic E-state index is 13.7. The number of Topliss-reactive ketones (excluding diaryl/α,β-unsaturated/α-hetero) is 1. The van der Waals surface area contributed by atoms with Crippen molar-refractivity contribution in [1.29, 1.82) is 0 Å². The lowest BCUT2D eigenvalue weighted by Gasteiger charge is -2.43. The third-order valence-corrected chi connectivity index (χ3v) is 7.58. The van der Waals surface area contributed by atoms with Gasteiger partial charge in [-0.05, 0) is 74.2 Å². The SMILES string of the molecule is NCC1CCC(C(=O)N2CCCC(c3ccccc3)C2C(=O)Cc2ccc(C(=O)O)cc2)CC1. The average Bonchev–Trinajstić information content (AvgIpc) is 2.88. The molecule has 2 aliphatic rings. The second-order valence-electron chi connectivity index (χ2n) is 9.73. The van der Waals surface area contributed by atoms with Crippen LogP contribution in [0.2, 0.25) is 0 Å². The average molecular weight is 463 g/mol. The highest BCUT2D eigenvalue weighted by molar-refractivity contribution is 5.92. The molecule has 1 aliphatic heterocycles. The van der Waals surface area contributed by atoms with Crippen molar-refractivity contribution >= 4 is 17.7 Å². The molecule has 1 saturated heterocycles. The number of rotatable bonds is 7. The molecule has 0 radical (unpaired) electrons. The minimum Gasteiger partial charge on any atom is -0.478 e. The summed E-state index contributed by atoms with van der Waals surface area (Å²) >= 11 is 0. The van der Waals surface area contributed by atoms with E-state index in [4.69, 9.17) is 10.8 Å². The molecule has 1 heterocycles. The molecular formula is C28H34N2O4. The lowest BCUT2D eigenvalue weighted by atomic mass is 9.77. The van der Waals surface area contributed by atoms with E-state index in [1.165, 1.54) is 12.1 Å². The number of nitrogens with zero attached hydrogens (tertiary/aromatic N) is 1. The maximum Gasteiger partial charge on any atom is 0.335 e. The van der Waals surface area contributed by atoms with Crippen molar-refractivity contribution in [2.24, 2.45) is 17.6 Å². The highest BCUT2D eigenvalue weighted by atomic mass is 16.4. The molecule has 0 bridgehead atoms. The van der Waals surface area contributed by atoms with Gasteiger partial charge < -0.3 is 15.7 Å². The van der Waals surface area contributed by atoms with E-state index in [0.717, 1.165) is 49.7 Å². The number of hydrogen-bond donors (Lipinski definition) is 2. The number of ketones is 1. The molecule has 2 aromatic carbocycles. The molecule has 34 heavy (non-hydrogen) atoms. The Hall–Kier alpha value is -2.99. The van der Waals surface area contributed by atoms with E-state index in [0.29, 0.717) is 19.0 Å². The van der Waals surface area contributed by atoms with E-state index < -0.39 is 12.0 Å².